The molecule has 3 N–H and O–H groups in total. The van der Waals surface area contributed by atoms with Gasteiger partial charge in [0.2, 0.25) is 5.95 Å². The highest BCUT2D eigenvalue weighted by atomic mass is 16.5. The van der Waals surface area contributed by atoms with Gasteiger partial charge in [-0.2, -0.15) is 4.98 Å². The van der Waals surface area contributed by atoms with Crippen molar-refractivity contribution in [2.75, 3.05) is 30.8 Å². The third kappa shape index (κ3) is 5.96. The monoisotopic (exact) mass is 423 g/mol. The number of aromatic nitrogens is 3. The van der Waals surface area contributed by atoms with Crippen molar-refractivity contribution in [3.8, 4) is 11.5 Å². The van der Waals surface area contributed by atoms with E-state index < -0.39 is 0 Å². The predicted molar refractivity (Wildman–Crippen MR) is 126 cm³/mol. The first-order chi connectivity index (χ1) is 15.0. The number of aryl methyl sites for hydroxylation is 1. The minimum absolute atomic E-state index is 0.221. The number of pyridine rings is 1. The second kappa shape index (κ2) is 10.8. The van der Waals surface area contributed by atoms with Crippen LogP contribution >= 0.6 is 0 Å². The van der Waals surface area contributed by atoms with Crippen LogP contribution in [0.3, 0.4) is 0 Å². The van der Waals surface area contributed by atoms with Crippen LogP contribution in [-0.2, 0) is 6.42 Å². The number of rotatable bonds is 11. The van der Waals surface area contributed by atoms with Crippen molar-refractivity contribution in [1.82, 2.24) is 15.0 Å². The molecule has 7 heteroatoms. The van der Waals surface area contributed by atoms with E-state index in [0.717, 1.165) is 48.2 Å². The average Bonchev–Trinajstić information content (AvgIpc) is 2.77. The minimum Gasteiger partial charge on any atom is -0.489 e. The lowest BCUT2D eigenvalue weighted by atomic mass is 10.0. The Morgan fingerprint density at radius 3 is 2.52 bits per heavy atom. The topological polar surface area (TPSA) is 95.2 Å². The number of nitrogens with zero attached hydrogens (tertiary/aromatic N) is 3. The highest BCUT2D eigenvalue weighted by Crippen LogP contribution is 2.29. The molecule has 0 radical (unpaired) electrons. The van der Waals surface area contributed by atoms with Crippen molar-refractivity contribution in [1.29, 1.82) is 0 Å². The summed E-state index contributed by atoms with van der Waals surface area (Å²) in [6.07, 6.45) is 4.71. The molecular formula is C24H33N5O2. The zero-order valence-electron chi connectivity index (χ0n) is 18.9. The maximum Gasteiger partial charge on any atom is 0.222 e. The third-order valence-corrected chi connectivity index (χ3v) is 5.05. The van der Waals surface area contributed by atoms with E-state index in [4.69, 9.17) is 20.2 Å². The fourth-order valence-corrected chi connectivity index (χ4v) is 3.20. The summed E-state index contributed by atoms with van der Waals surface area (Å²) < 4.78 is 12.0. The number of hydrogen-bond acceptors (Lipinski definition) is 7. The lowest BCUT2D eigenvalue weighted by Crippen LogP contribution is -2.13. The van der Waals surface area contributed by atoms with E-state index in [9.17, 15) is 0 Å². The van der Waals surface area contributed by atoms with E-state index in [-0.39, 0.29) is 5.95 Å². The molecule has 0 aliphatic rings. The molecule has 7 nitrogen and oxygen atoms in total. The molecule has 1 aromatic carbocycles. The Hall–Kier alpha value is -3.09. The zero-order chi connectivity index (χ0) is 22.2. The van der Waals surface area contributed by atoms with Crippen molar-refractivity contribution in [2.45, 2.75) is 52.9 Å². The molecule has 0 bridgehead atoms. The van der Waals surface area contributed by atoms with Crippen LogP contribution in [-0.4, -0.2) is 34.7 Å². The number of nitrogens with two attached hydrogens (primary N) is 1. The van der Waals surface area contributed by atoms with Crippen molar-refractivity contribution < 1.29 is 9.47 Å². The van der Waals surface area contributed by atoms with Crippen molar-refractivity contribution >= 4 is 22.7 Å². The Bertz CT molecular complexity index is 1010. The first-order valence-electron chi connectivity index (χ1n) is 11.1. The minimum atomic E-state index is 0.221. The molecule has 31 heavy (non-hydrogen) atoms. The maximum atomic E-state index is 6.12. The number of anilines is 2. The molecule has 0 aliphatic heterocycles. The molecule has 0 spiro atoms. The molecule has 0 aliphatic carbocycles. The number of nitrogen functional groups attached to an aromatic ring is 1. The van der Waals surface area contributed by atoms with Gasteiger partial charge in [0.15, 0.2) is 11.6 Å². The second-order valence-corrected chi connectivity index (χ2v) is 7.82. The van der Waals surface area contributed by atoms with E-state index in [2.05, 4.69) is 61.2 Å². The molecule has 3 aromatic rings. The summed E-state index contributed by atoms with van der Waals surface area (Å²) in [5.74, 6) is 2.55. The third-order valence-electron chi connectivity index (χ3n) is 5.05. The van der Waals surface area contributed by atoms with Gasteiger partial charge in [0, 0.05) is 23.7 Å². The van der Waals surface area contributed by atoms with Gasteiger partial charge in [0.05, 0.1) is 11.7 Å². The number of benzene rings is 1. The van der Waals surface area contributed by atoms with Crippen LogP contribution in [0, 0.1) is 0 Å². The first kappa shape index (κ1) is 22.6. The molecule has 0 atom stereocenters. The summed E-state index contributed by atoms with van der Waals surface area (Å²) in [6, 6.07) is 8.39. The standard InChI is InChI=1S/C24H33N5O2/c1-5-7-10-26-23-22(15-27-24(25)29-23)31-12-11-30-21-14-19(16(3)4)28-20-13-17(6-2)8-9-18(20)21/h8-9,13-16H,5-7,10-12H2,1-4H3,(H3,25,26,27,29). The molecular weight excluding hydrogens is 390 g/mol. The van der Waals surface area contributed by atoms with Gasteiger partial charge in [-0.1, -0.05) is 40.2 Å². The summed E-state index contributed by atoms with van der Waals surface area (Å²) in [7, 11) is 0. The number of fused-ring (bicyclic) bond motifs is 1. The Kier molecular flexibility index (Phi) is 7.87. The summed E-state index contributed by atoms with van der Waals surface area (Å²) in [5.41, 5.74) is 8.98. The lowest BCUT2D eigenvalue weighted by molar-refractivity contribution is 0.218. The summed E-state index contributed by atoms with van der Waals surface area (Å²) >= 11 is 0. The fraction of sp³-hybridized carbons (Fsp3) is 0.458. The van der Waals surface area contributed by atoms with Crippen LogP contribution in [0.15, 0.2) is 30.5 Å². The maximum absolute atomic E-state index is 6.12. The fourth-order valence-electron chi connectivity index (χ4n) is 3.20. The number of ether oxygens (including phenoxy) is 2. The van der Waals surface area contributed by atoms with Crippen molar-refractivity contribution in [3.05, 3.63) is 41.7 Å². The van der Waals surface area contributed by atoms with Gasteiger partial charge in [-0.15, -0.1) is 0 Å². The van der Waals surface area contributed by atoms with Gasteiger partial charge in [-0.25, -0.2) is 4.98 Å². The number of hydrogen-bond donors (Lipinski definition) is 2. The van der Waals surface area contributed by atoms with E-state index in [0.29, 0.717) is 30.7 Å². The Labute approximate surface area is 184 Å². The van der Waals surface area contributed by atoms with Crippen molar-refractivity contribution in [2.24, 2.45) is 0 Å². The molecule has 3 rings (SSSR count). The lowest BCUT2D eigenvalue weighted by Gasteiger charge is -2.15. The van der Waals surface area contributed by atoms with Gasteiger partial charge in [-0.05, 0) is 36.5 Å². The summed E-state index contributed by atoms with van der Waals surface area (Å²) in [6.45, 7) is 10.1. The van der Waals surface area contributed by atoms with Crippen molar-refractivity contribution in [3.63, 3.8) is 0 Å². The highest BCUT2D eigenvalue weighted by Gasteiger charge is 2.11. The van der Waals surface area contributed by atoms with Crippen LogP contribution in [0.25, 0.3) is 10.9 Å². The van der Waals surface area contributed by atoms with Crippen LogP contribution in [0.5, 0.6) is 11.5 Å². The Balaban J connectivity index is 1.69. The molecule has 2 heterocycles. The van der Waals surface area contributed by atoms with Gasteiger partial charge < -0.3 is 20.5 Å². The van der Waals surface area contributed by atoms with Crippen LogP contribution < -0.4 is 20.5 Å². The summed E-state index contributed by atoms with van der Waals surface area (Å²) in [4.78, 5) is 13.1. The Morgan fingerprint density at radius 2 is 1.81 bits per heavy atom. The van der Waals surface area contributed by atoms with E-state index >= 15 is 0 Å². The SMILES string of the molecule is CCCCNc1nc(N)ncc1OCCOc1cc(C(C)C)nc2cc(CC)ccc12. The molecule has 0 saturated carbocycles. The average molecular weight is 424 g/mol. The quantitative estimate of drug-likeness (QED) is 0.421. The summed E-state index contributed by atoms with van der Waals surface area (Å²) in [5, 5.41) is 4.28. The van der Waals surface area contributed by atoms with E-state index in [1.54, 1.807) is 6.20 Å². The highest BCUT2D eigenvalue weighted by molar-refractivity contribution is 5.86. The zero-order valence-corrected chi connectivity index (χ0v) is 18.9. The van der Waals surface area contributed by atoms with E-state index in [1.807, 2.05) is 6.07 Å². The van der Waals surface area contributed by atoms with Gasteiger partial charge >= 0.3 is 0 Å². The second-order valence-electron chi connectivity index (χ2n) is 7.82. The predicted octanol–water partition coefficient (Wildman–Crippen LogP) is 4.96. The molecule has 0 saturated heterocycles. The molecule has 166 valence electrons. The molecule has 0 unspecified atom stereocenters. The molecule has 0 fully saturated rings. The normalized spacial score (nSPS) is 11.1. The van der Waals surface area contributed by atoms with Gasteiger partial charge in [0.1, 0.15) is 19.0 Å². The number of nitrogens with one attached hydrogen (secondary N) is 1. The largest absolute Gasteiger partial charge is 0.489 e. The van der Waals surface area contributed by atoms with Crippen LogP contribution in [0.2, 0.25) is 0 Å². The Morgan fingerprint density at radius 1 is 1.03 bits per heavy atom. The number of unbranched alkanes of at least 4 members (excludes halogenated alkanes) is 1. The first-order valence-corrected chi connectivity index (χ1v) is 11.1. The molecule has 2 aromatic heterocycles. The molecule has 0 amide bonds. The smallest absolute Gasteiger partial charge is 0.222 e. The van der Waals surface area contributed by atoms with Gasteiger partial charge in [0.25, 0.3) is 0 Å². The van der Waals surface area contributed by atoms with Gasteiger partial charge in [-0.3, -0.25) is 4.98 Å². The van der Waals surface area contributed by atoms with Crippen LogP contribution in [0.1, 0.15) is 57.7 Å². The van der Waals surface area contributed by atoms with Crippen LogP contribution in [0.4, 0.5) is 11.8 Å². The van der Waals surface area contributed by atoms with E-state index in [1.165, 1.54) is 5.56 Å².